The van der Waals surface area contributed by atoms with Crippen molar-refractivity contribution in [3.05, 3.63) is 47.0 Å². The van der Waals surface area contributed by atoms with Gasteiger partial charge >= 0.3 is 6.09 Å². The number of alkyl carbamates (subject to hydrolysis) is 1. The predicted molar refractivity (Wildman–Crippen MR) is 155 cm³/mol. The molecule has 1 amide bonds. The zero-order valence-electron chi connectivity index (χ0n) is 26.9. The van der Waals surface area contributed by atoms with E-state index in [-0.39, 0.29) is 126 Å². The number of aliphatic hydroxyl groups excluding tert-OH is 3. The zero-order chi connectivity index (χ0) is 32.4. The number of fused-ring (bicyclic) bond motifs is 5. The van der Waals surface area contributed by atoms with E-state index in [0.717, 1.165) is 5.56 Å². The smallest absolute Gasteiger partial charge is 0.407 e. The van der Waals surface area contributed by atoms with Crippen LogP contribution in [0.4, 0.5) is 4.79 Å². The van der Waals surface area contributed by atoms with Crippen molar-refractivity contribution < 1.29 is 143 Å². The molecule has 1 aromatic rings. The van der Waals surface area contributed by atoms with Gasteiger partial charge in [-0.25, -0.2) is 9.68 Å². The van der Waals surface area contributed by atoms with Crippen LogP contribution in [0.5, 0.6) is 0 Å². The molecule has 4 aliphatic rings. The first-order valence-corrected chi connectivity index (χ1v) is 15.2. The molecule has 3 fully saturated rings. The van der Waals surface area contributed by atoms with Crippen molar-refractivity contribution in [3.63, 3.8) is 0 Å². The van der Waals surface area contributed by atoms with Gasteiger partial charge in [0.1, 0.15) is 30.5 Å². The Morgan fingerprint density at radius 3 is 2.33 bits per heavy atom. The molecular weight excluding hydrogens is 1030 g/mol. The Labute approximate surface area is 340 Å². The van der Waals surface area contributed by atoms with Crippen LogP contribution in [-0.4, -0.2) is 97.5 Å². The summed E-state index contributed by atoms with van der Waals surface area (Å²) in [6.07, 6.45) is -7.52. The van der Waals surface area contributed by atoms with Crippen molar-refractivity contribution in [1.29, 1.82) is 0 Å². The number of Topliss-reactive ketones (excluding diaryl/α,β-unsaturated/α-hetero) is 1. The molecule has 1 saturated heterocycles. The molecule has 8 unspecified atom stereocenters. The number of hydrogen-bond acceptors (Lipinski definition) is 11. The van der Waals surface area contributed by atoms with E-state index in [1.807, 2.05) is 6.07 Å². The van der Waals surface area contributed by atoms with Crippen LogP contribution in [0, 0.1) is 117 Å². The summed E-state index contributed by atoms with van der Waals surface area (Å²) in [5.41, 5.74) is -4.69. The SMILES string of the molecule is CC1=C2C(O)C(=O)[C@]3(C)C(O)CC4OC[C@@]4(O)C3C(C)C(O)(CC1[C@H](OO)C(O)CNC(=O)OCc1ccccc1)C2(C)C.[Ac].[Ac]. The monoisotopic (exact) mass is 1070 g/mol. The minimum absolute atomic E-state index is 0. The maximum absolute atomic E-state index is 14.2. The van der Waals surface area contributed by atoms with Crippen molar-refractivity contribution in [1.82, 2.24) is 5.32 Å². The van der Waals surface area contributed by atoms with Gasteiger partial charge in [0.2, 0.25) is 0 Å². The number of carbonyl (C=O) groups excluding carboxylic acids is 2. The number of ketones is 1. The van der Waals surface area contributed by atoms with Crippen LogP contribution in [0.15, 0.2) is 41.5 Å². The molecule has 12 nitrogen and oxygen atoms in total. The molecule has 11 atom stereocenters. The largest absolute Gasteiger partial charge is 0.445 e. The van der Waals surface area contributed by atoms with Crippen LogP contribution in [0.3, 0.4) is 0 Å². The molecule has 1 heterocycles. The Bertz CT molecular complexity index is 1310. The van der Waals surface area contributed by atoms with Gasteiger partial charge in [-0.15, -0.1) is 0 Å². The number of carbonyl (C=O) groups is 2. The maximum atomic E-state index is 14.2. The normalized spacial score (nSPS) is 39.1. The predicted octanol–water partition coefficient (Wildman–Crippen LogP) is 1.32. The Balaban J connectivity index is 0.00000288. The average molecular weight is 1070 g/mol. The summed E-state index contributed by atoms with van der Waals surface area (Å²) < 4.78 is 10.8. The second kappa shape index (κ2) is 15.0. The quantitative estimate of drug-likeness (QED) is 0.118. The molecule has 2 saturated carbocycles. The van der Waals surface area contributed by atoms with Gasteiger partial charge in [0.25, 0.3) is 0 Å². The number of nitrogens with one attached hydrogen (secondary N) is 1. The third-order valence-corrected chi connectivity index (χ3v) is 11.5. The van der Waals surface area contributed by atoms with E-state index in [1.165, 1.54) is 6.92 Å². The van der Waals surface area contributed by atoms with Crippen LogP contribution in [0.1, 0.15) is 53.0 Å². The van der Waals surface area contributed by atoms with Crippen molar-refractivity contribution in [3.8, 4) is 0 Å². The number of rotatable bonds is 7. The molecule has 14 heteroatoms. The van der Waals surface area contributed by atoms with Crippen LogP contribution in [0.25, 0.3) is 0 Å². The molecule has 1 aliphatic heterocycles. The van der Waals surface area contributed by atoms with E-state index in [1.54, 1.807) is 52.0 Å². The number of benzene rings is 1. The number of hydrogen-bond donors (Lipinski definition) is 7. The maximum Gasteiger partial charge on any atom is 0.407 e. The summed E-state index contributed by atoms with van der Waals surface area (Å²) in [6, 6.07) is 9.03. The second-order valence-electron chi connectivity index (χ2n) is 13.9. The molecular formula is C32H45Ac2NO11. The molecule has 250 valence electrons. The molecule has 0 aromatic heterocycles. The third kappa shape index (κ3) is 6.41. The fourth-order valence-electron chi connectivity index (χ4n) is 8.91. The van der Waals surface area contributed by atoms with Gasteiger partial charge < -0.3 is 40.3 Å². The Hall–Kier alpha value is 0.463. The van der Waals surface area contributed by atoms with Gasteiger partial charge in [-0.2, -0.15) is 0 Å². The van der Waals surface area contributed by atoms with Gasteiger partial charge in [-0.1, -0.05) is 56.7 Å². The minimum Gasteiger partial charge on any atom is -0.445 e. The summed E-state index contributed by atoms with van der Waals surface area (Å²) in [4.78, 5) is 31.3. The Kier molecular flexibility index (Phi) is 13.3. The molecule has 2 radical (unpaired) electrons. The molecule has 1 aromatic carbocycles. The molecule has 7 N–H and O–H groups in total. The van der Waals surface area contributed by atoms with E-state index in [2.05, 4.69) is 5.32 Å². The average Bonchev–Trinajstić information content (AvgIpc) is 2.98. The van der Waals surface area contributed by atoms with E-state index < -0.39 is 82.2 Å². The first kappa shape index (κ1) is 40.9. The van der Waals surface area contributed by atoms with Crippen molar-refractivity contribution in [2.24, 2.45) is 28.6 Å². The van der Waals surface area contributed by atoms with Crippen LogP contribution >= 0.6 is 0 Å². The van der Waals surface area contributed by atoms with E-state index in [0.29, 0.717) is 5.57 Å². The second-order valence-corrected chi connectivity index (χ2v) is 13.9. The van der Waals surface area contributed by atoms with E-state index >= 15 is 0 Å². The third-order valence-electron chi connectivity index (χ3n) is 11.5. The molecule has 5 rings (SSSR count). The first-order valence-electron chi connectivity index (χ1n) is 15.2. The van der Waals surface area contributed by atoms with E-state index in [4.69, 9.17) is 14.4 Å². The molecule has 46 heavy (non-hydrogen) atoms. The minimum atomic E-state index is -1.77. The fourth-order valence-corrected chi connectivity index (χ4v) is 8.91. The fraction of sp³-hybridized carbons (Fsp3) is 0.688. The topological polar surface area (TPSA) is 195 Å². The van der Waals surface area contributed by atoms with Crippen LogP contribution in [0.2, 0.25) is 0 Å². The number of amides is 1. The number of ether oxygens (including phenoxy) is 2. The van der Waals surface area contributed by atoms with Gasteiger partial charge in [-0.05, 0) is 37.3 Å². The Morgan fingerprint density at radius 1 is 1.13 bits per heavy atom. The first-order chi connectivity index (χ1) is 20.6. The van der Waals surface area contributed by atoms with Crippen molar-refractivity contribution in [2.45, 2.75) is 95.8 Å². The summed E-state index contributed by atoms with van der Waals surface area (Å²) in [7, 11) is 0. The van der Waals surface area contributed by atoms with Gasteiger partial charge in [0.15, 0.2) is 5.78 Å². The Morgan fingerprint density at radius 2 is 1.76 bits per heavy atom. The van der Waals surface area contributed by atoms with Gasteiger partial charge in [0.05, 0.1) is 29.8 Å². The zero-order valence-corrected chi connectivity index (χ0v) is 36.4. The van der Waals surface area contributed by atoms with Crippen LogP contribution in [-0.2, 0) is 25.8 Å². The van der Waals surface area contributed by atoms with Crippen LogP contribution < -0.4 is 5.32 Å². The summed E-state index contributed by atoms with van der Waals surface area (Å²) in [6.45, 7) is 7.87. The van der Waals surface area contributed by atoms with Gasteiger partial charge in [-0.3, -0.25) is 10.1 Å². The summed E-state index contributed by atoms with van der Waals surface area (Å²) in [5.74, 6) is -3.44. The van der Waals surface area contributed by atoms with Crippen molar-refractivity contribution >= 4 is 11.9 Å². The van der Waals surface area contributed by atoms with Gasteiger partial charge in [0, 0.05) is 118 Å². The summed E-state index contributed by atoms with van der Waals surface area (Å²) in [5, 5.41) is 71.1. The molecule has 0 spiro atoms. The van der Waals surface area contributed by atoms with Crippen molar-refractivity contribution in [2.75, 3.05) is 13.2 Å². The molecule has 2 bridgehead atoms. The van der Waals surface area contributed by atoms with E-state index in [9.17, 15) is 40.4 Å². The molecule has 3 aliphatic carbocycles. The number of aliphatic hydroxyl groups is 5. The summed E-state index contributed by atoms with van der Waals surface area (Å²) >= 11 is 0. The standard InChI is InChI=1S/C32H45NO11.2Ac/c1-16-19(25(44-41)20(34)13-33-28(38)42-14-18-9-7-6-8-10-18)12-32(40)17(2)26-30(5,21(35)11-22-31(26,39)15-43-22)27(37)24(36)23(16)29(32,3)4;;/h6-10,17,19-22,24-26,34-36,39-41H,11-15H2,1-5H3,(H,33,38);;/t17?,19?,20?,21?,22?,24?,25-,26?,30+,31-,32?;;/m0../s1.